The molecule has 0 radical (unpaired) electrons. The van der Waals surface area contributed by atoms with Gasteiger partial charge in [0.05, 0.1) is 0 Å². The van der Waals surface area contributed by atoms with Gasteiger partial charge in [0.25, 0.3) is 0 Å². The first-order valence-electron chi connectivity index (χ1n) is 16.1. The molecule has 0 saturated carbocycles. The van der Waals surface area contributed by atoms with E-state index in [1.807, 2.05) is 0 Å². The van der Waals surface area contributed by atoms with Crippen LogP contribution < -0.4 is 0 Å². The summed E-state index contributed by atoms with van der Waals surface area (Å²) in [5, 5.41) is 0. The van der Waals surface area contributed by atoms with Crippen LogP contribution in [0.25, 0.3) is 22.8 Å². The first-order valence-corrected chi connectivity index (χ1v) is 16.1. The normalized spacial score (nSPS) is 22.1. The Hall–Kier alpha value is -4.68. The molecular formula is C44H38. The molecule has 0 bridgehead atoms. The summed E-state index contributed by atoms with van der Waals surface area (Å²) in [6.07, 6.45) is 9.65. The van der Waals surface area contributed by atoms with Crippen LogP contribution in [0.2, 0.25) is 0 Å². The molecule has 0 amide bonds. The molecule has 0 aliphatic heterocycles. The summed E-state index contributed by atoms with van der Waals surface area (Å²) in [7, 11) is 0. The third kappa shape index (κ3) is 4.52. The van der Waals surface area contributed by atoms with Crippen molar-refractivity contribution in [2.75, 3.05) is 0 Å². The zero-order chi connectivity index (χ0) is 29.6. The Morgan fingerprint density at radius 3 is 2.07 bits per heavy atom. The van der Waals surface area contributed by atoms with E-state index in [4.69, 9.17) is 0 Å². The summed E-state index contributed by atoms with van der Waals surface area (Å²) in [5.74, 6) is 1.63. The van der Waals surface area contributed by atoms with E-state index in [9.17, 15) is 0 Å². The van der Waals surface area contributed by atoms with Crippen LogP contribution in [-0.4, -0.2) is 0 Å². The number of aryl methyl sites for hydroxylation is 1. The van der Waals surface area contributed by atoms with Gasteiger partial charge in [-0.2, -0.15) is 0 Å². The van der Waals surface area contributed by atoms with Crippen molar-refractivity contribution < 1.29 is 0 Å². The SMILES string of the molecule is CC1=C(c2ccccc2C)C=CC2c3ccccc3C(C3=Cc4cccc(-c5ccccc5)c4C(c4ccccc4)C3)CC12. The van der Waals surface area contributed by atoms with Gasteiger partial charge in [-0.3, -0.25) is 0 Å². The smallest absolute Gasteiger partial charge is 0.0139 e. The van der Waals surface area contributed by atoms with E-state index < -0.39 is 0 Å². The first kappa shape index (κ1) is 26.9. The van der Waals surface area contributed by atoms with E-state index in [1.165, 1.54) is 61.2 Å². The zero-order valence-electron chi connectivity index (χ0n) is 25.6. The minimum absolute atomic E-state index is 0.318. The van der Waals surface area contributed by atoms with Crippen LogP contribution in [0.1, 0.15) is 76.5 Å². The van der Waals surface area contributed by atoms with Crippen LogP contribution in [0, 0.1) is 12.8 Å². The molecule has 0 spiro atoms. The molecular weight excluding hydrogens is 528 g/mol. The maximum absolute atomic E-state index is 2.56. The molecule has 3 aliphatic rings. The summed E-state index contributed by atoms with van der Waals surface area (Å²) in [6.45, 7) is 4.64. The van der Waals surface area contributed by atoms with Crippen LogP contribution in [0.5, 0.6) is 0 Å². The Morgan fingerprint density at radius 1 is 0.591 bits per heavy atom. The van der Waals surface area contributed by atoms with Gasteiger partial charge in [0.1, 0.15) is 0 Å². The second-order valence-electron chi connectivity index (χ2n) is 12.9. The van der Waals surface area contributed by atoms with Crippen molar-refractivity contribution in [2.24, 2.45) is 5.92 Å². The highest BCUT2D eigenvalue weighted by Crippen LogP contribution is 2.55. The van der Waals surface area contributed by atoms with Gasteiger partial charge in [-0.15, -0.1) is 0 Å². The number of hydrogen-bond acceptors (Lipinski definition) is 0. The predicted molar refractivity (Wildman–Crippen MR) is 186 cm³/mol. The second-order valence-corrected chi connectivity index (χ2v) is 12.9. The van der Waals surface area contributed by atoms with E-state index >= 15 is 0 Å². The Kier molecular flexibility index (Phi) is 6.79. The molecule has 214 valence electrons. The van der Waals surface area contributed by atoms with Crippen molar-refractivity contribution in [3.63, 3.8) is 0 Å². The third-order valence-corrected chi connectivity index (χ3v) is 10.5. The monoisotopic (exact) mass is 566 g/mol. The van der Waals surface area contributed by atoms with Crippen molar-refractivity contribution in [1.29, 1.82) is 0 Å². The van der Waals surface area contributed by atoms with Gasteiger partial charge in [0, 0.05) is 17.8 Å². The van der Waals surface area contributed by atoms with Crippen molar-refractivity contribution in [3.05, 3.63) is 190 Å². The van der Waals surface area contributed by atoms with Gasteiger partial charge < -0.3 is 0 Å². The number of allylic oxidation sites excluding steroid dienone is 5. The average Bonchev–Trinajstić information content (AvgIpc) is 3.08. The molecule has 0 aromatic heterocycles. The topological polar surface area (TPSA) is 0 Å². The standard InChI is InChI=1S/C44H38/c1-29-14-9-10-20-35(29)36-24-25-40-38-21-11-12-22-39(38)42(28-41(40)30(36)2)34-26-33-19-13-23-37(31-15-5-3-6-16-31)44(33)43(27-34)32-17-7-4-8-18-32/h3-26,40-43H,27-28H2,1-2H3. The molecule has 5 aromatic rings. The van der Waals surface area contributed by atoms with Crippen molar-refractivity contribution in [1.82, 2.24) is 0 Å². The minimum atomic E-state index is 0.318. The number of hydrogen-bond donors (Lipinski definition) is 0. The molecule has 0 nitrogen and oxygen atoms in total. The maximum atomic E-state index is 2.56. The molecule has 4 unspecified atom stereocenters. The van der Waals surface area contributed by atoms with Gasteiger partial charge in [-0.1, -0.05) is 157 Å². The van der Waals surface area contributed by atoms with E-state index in [1.54, 1.807) is 5.57 Å². The Balaban J connectivity index is 1.27. The highest BCUT2D eigenvalue weighted by molar-refractivity contribution is 5.81. The van der Waals surface area contributed by atoms with Crippen LogP contribution in [0.4, 0.5) is 0 Å². The summed E-state index contributed by atoms with van der Waals surface area (Å²) >= 11 is 0. The van der Waals surface area contributed by atoms with Crippen molar-refractivity contribution >= 4 is 11.6 Å². The fourth-order valence-electron chi connectivity index (χ4n) is 8.40. The lowest BCUT2D eigenvalue weighted by Gasteiger charge is -2.42. The van der Waals surface area contributed by atoms with Crippen molar-refractivity contribution in [2.45, 2.75) is 44.4 Å². The predicted octanol–water partition coefficient (Wildman–Crippen LogP) is 11.5. The molecule has 4 atom stereocenters. The van der Waals surface area contributed by atoms with Crippen LogP contribution in [-0.2, 0) is 0 Å². The fourth-order valence-corrected chi connectivity index (χ4v) is 8.40. The van der Waals surface area contributed by atoms with Crippen molar-refractivity contribution in [3.8, 4) is 11.1 Å². The molecule has 8 rings (SSSR count). The fraction of sp³-hybridized carbons (Fsp3) is 0.182. The van der Waals surface area contributed by atoms with Crippen LogP contribution >= 0.6 is 0 Å². The molecule has 3 aliphatic carbocycles. The average molecular weight is 567 g/mol. The molecule has 0 heteroatoms. The lowest BCUT2D eigenvalue weighted by atomic mass is 9.61. The van der Waals surface area contributed by atoms with E-state index in [2.05, 4.69) is 159 Å². The van der Waals surface area contributed by atoms with E-state index in [-0.39, 0.29) is 0 Å². The lowest BCUT2D eigenvalue weighted by molar-refractivity contribution is 0.434. The number of rotatable bonds is 4. The molecule has 0 N–H and O–H groups in total. The number of fused-ring (bicyclic) bond motifs is 4. The Labute approximate surface area is 262 Å². The molecule has 0 fully saturated rings. The summed E-state index contributed by atoms with van der Waals surface area (Å²) in [6, 6.07) is 47.2. The van der Waals surface area contributed by atoms with Gasteiger partial charge in [-0.25, -0.2) is 0 Å². The summed E-state index contributed by atoms with van der Waals surface area (Å²) < 4.78 is 0. The van der Waals surface area contributed by atoms with Gasteiger partial charge in [0.15, 0.2) is 0 Å². The first-order chi connectivity index (χ1) is 21.7. The quantitative estimate of drug-likeness (QED) is 0.203. The van der Waals surface area contributed by atoms with Gasteiger partial charge >= 0.3 is 0 Å². The summed E-state index contributed by atoms with van der Waals surface area (Å²) in [4.78, 5) is 0. The van der Waals surface area contributed by atoms with Crippen LogP contribution in [0.3, 0.4) is 0 Å². The Bertz CT molecular complexity index is 1940. The Morgan fingerprint density at radius 2 is 1.27 bits per heavy atom. The van der Waals surface area contributed by atoms with E-state index in [0.717, 1.165) is 12.8 Å². The highest BCUT2D eigenvalue weighted by Gasteiger charge is 2.39. The maximum Gasteiger partial charge on any atom is 0.0139 e. The van der Waals surface area contributed by atoms with Gasteiger partial charge in [0.2, 0.25) is 0 Å². The molecule has 5 aromatic carbocycles. The zero-order valence-corrected chi connectivity index (χ0v) is 25.6. The third-order valence-electron chi connectivity index (χ3n) is 10.5. The largest absolute Gasteiger partial charge is 0.0758 e. The molecule has 0 saturated heterocycles. The minimum Gasteiger partial charge on any atom is -0.0758 e. The summed E-state index contributed by atoms with van der Waals surface area (Å²) in [5.41, 5.74) is 17.2. The molecule has 44 heavy (non-hydrogen) atoms. The van der Waals surface area contributed by atoms with Crippen LogP contribution in [0.15, 0.2) is 151 Å². The lowest BCUT2D eigenvalue weighted by Crippen LogP contribution is -2.28. The molecule has 0 heterocycles. The highest BCUT2D eigenvalue weighted by atomic mass is 14.4. The van der Waals surface area contributed by atoms with Gasteiger partial charge in [-0.05, 0) is 88.3 Å². The van der Waals surface area contributed by atoms with E-state index in [0.29, 0.717) is 23.7 Å². The number of benzene rings is 5. The second kappa shape index (κ2) is 11.1.